The summed E-state index contributed by atoms with van der Waals surface area (Å²) in [6, 6.07) is 5.26. The first-order chi connectivity index (χ1) is 8.08. The quantitative estimate of drug-likeness (QED) is 0.734. The van der Waals surface area contributed by atoms with Gasteiger partial charge in [-0.2, -0.15) is 0 Å². The van der Waals surface area contributed by atoms with E-state index in [4.69, 9.17) is 5.11 Å². The van der Waals surface area contributed by atoms with Crippen LogP contribution in [0, 0.1) is 0 Å². The van der Waals surface area contributed by atoms with E-state index < -0.39 is 12.1 Å². The highest BCUT2D eigenvalue weighted by atomic mass is 16.4. The number of hydrogen-bond donors (Lipinski definition) is 2. The molecular formula is C13H16O4. The van der Waals surface area contributed by atoms with E-state index in [-0.39, 0.29) is 0 Å². The van der Waals surface area contributed by atoms with Gasteiger partial charge in [-0.05, 0) is 29.5 Å². The average molecular weight is 236 g/mol. The maximum absolute atomic E-state index is 10.7. The minimum Gasteiger partial charge on any atom is -0.479 e. The number of benzene rings is 1. The van der Waals surface area contributed by atoms with Crippen LogP contribution in [0.5, 0.6) is 0 Å². The molecule has 0 amide bonds. The predicted molar refractivity (Wildman–Crippen MR) is 62.8 cm³/mol. The highest BCUT2D eigenvalue weighted by Gasteiger charge is 2.16. The number of rotatable bonds is 6. The minimum atomic E-state index is -1.50. The van der Waals surface area contributed by atoms with Gasteiger partial charge in [-0.25, -0.2) is 4.79 Å². The molecule has 0 radical (unpaired) electrons. The third-order valence-corrected chi connectivity index (χ3v) is 2.58. The molecule has 0 fully saturated rings. The molecule has 1 aromatic carbocycles. The third kappa shape index (κ3) is 3.67. The number of aliphatic hydroxyl groups is 1. The molecule has 0 aliphatic heterocycles. The summed E-state index contributed by atoms with van der Waals surface area (Å²) in [6.07, 6.45) is 1.04. The maximum atomic E-state index is 10.7. The molecule has 0 heterocycles. The standard InChI is InChI=1S/C13H16O4/c1-2-9-6-10(4-3-5-14)8-11(7-9)12(15)13(16)17/h5-8,12,15H,2-4H2,1H3,(H,16,17). The molecule has 92 valence electrons. The number of carbonyl (C=O) groups is 2. The van der Waals surface area contributed by atoms with Crippen LogP contribution in [0.1, 0.15) is 36.1 Å². The maximum Gasteiger partial charge on any atom is 0.337 e. The molecular weight excluding hydrogens is 220 g/mol. The molecule has 0 aliphatic rings. The lowest BCUT2D eigenvalue weighted by molar-refractivity contribution is -0.146. The molecule has 0 saturated carbocycles. The lowest BCUT2D eigenvalue weighted by Gasteiger charge is -2.10. The zero-order valence-corrected chi connectivity index (χ0v) is 9.72. The zero-order valence-electron chi connectivity index (χ0n) is 9.72. The summed E-state index contributed by atoms with van der Waals surface area (Å²) in [5.74, 6) is -1.26. The van der Waals surface area contributed by atoms with Gasteiger partial charge in [0.2, 0.25) is 0 Å². The third-order valence-electron chi connectivity index (χ3n) is 2.58. The van der Waals surface area contributed by atoms with Gasteiger partial charge in [-0.15, -0.1) is 0 Å². The number of aryl methyl sites for hydroxylation is 2. The summed E-state index contributed by atoms with van der Waals surface area (Å²) >= 11 is 0. The summed E-state index contributed by atoms with van der Waals surface area (Å²) < 4.78 is 0. The van der Waals surface area contributed by atoms with Crippen LogP contribution < -0.4 is 0 Å². The van der Waals surface area contributed by atoms with E-state index in [0.29, 0.717) is 18.4 Å². The van der Waals surface area contributed by atoms with Crippen LogP contribution in [-0.4, -0.2) is 22.5 Å². The summed E-state index contributed by atoms with van der Waals surface area (Å²) in [7, 11) is 0. The molecule has 0 aliphatic carbocycles. The molecule has 0 saturated heterocycles. The molecule has 1 rings (SSSR count). The molecule has 0 spiro atoms. The Morgan fingerprint density at radius 1 is 1.35 bits per heavy atom. The molecule has 0 aromatic heterocycles. The van der Waals surface area contributed by atoms with Crippen LogP contribution in [0.15, 0.2) is 18.2 Å². The lowest BCUT2D eigenvalue weighted by Crippen LogP contribution is -2.11. The van der Waals surface area contributed by atoms with Crippen LogP contribution in [0.25, 0.3) is 0 Å². The van der Waals surface area contributed by atoms with Crippen LogP contribution in [0.4, 0.5) is 0 Å². The Morgan fingerprint density at radius 3 is 2.53 bits per heavy atom. The van der Waals surface area contributed by atoms with Gasteiger partial charge >= 0.3 is 5.97 Å². The molecule has 17 heavy (non-hydrogen) atoms. The number of carboxylic acid groups (broad SMARTS) is 1. The van der Waals surface area contributed by atoms with Crippen molar-refractivity contribution >= 4 is 12.3 Å². The summed E-state index contributed by atoms with van der Waals surface area (Å²) in [4.78, 5) is 21.0. The largest absolute Gasteiger partial charge is 0.479 e. The highest BCUT2D eigenvalue weighted by Crippen LogP contribution is 2.19. The van der Waals surface area contributed by atoms with Crippen LogP contribution in [0.2, 0.25) is 0 Å². The van der Waals surface area contributed by atoms with E-state index in [2.05, 4.69) is 0 Å². The number of aliphatic hydroxyl groups excluding tert-OH is 1. The van der Waals surface area contributed by atoms with Crippen LogP contribution in [0.3, 0.4) is 0 Å². The van der Waals surface area contributed by atoms with Gasteiger partial charge in [0, 0.05) is 6.42 Å². The SMILES string of the molecule is CCc1cc(CCC=O)cc(C(O)C(=O)O)c1. The van der Waals surface area contributed by atoms with E-state index >= 15 is 0 Å². The van der Waals surface area contributed by atoms with Gasteiger partial charge in [-0.3, -0.25) is 0 Å². The first kappa shape index (κ1) is 13.4. The Morgan fingerprint density at radius 2 is 2.00 bits per heavy atom. The first-order valence-corrected chi connectivity index (χ1v) is 5.55. The van der Waals surface area contributed by atoms with Crippen LogP contribution >= 0.6 is 0 Å². The Balaban J connectivity index is 3.04. The van der Waals surface area contributed by atoms with E-state index in [0.717, 1.165) is 23.8 Å². The van der Waals surface area contributed by atoms with Gasteiger partial charge < -0.3 is 15.0 Å². The second-order valence-corrected chi connectivity index (χ2v) is 3.88. The van der Waals surface area contributed by atoms with Crippen molar-refractivity contribution in [3.63, 3.8) is 0 Å². The monoisotopic (exact) mass is 236 g/mol. The van der Waals surface area contributed by atoms with Gasteiger partial charge in [0.1, 0.15) is 6.29 Å². The van der Waals surface area contributed by atoms with Gasteiger partial charge in [-0.1, -0.05) is 25.1 Å². The fraction of sp³-hybridized carbons (Fsp3) is 0.385. The summed E-state index contributed by atoms with van der Waals surface area (Å²) in [5.41, 5.74) is 2.22. The Hall–Kier alpha value is -1.68. The van der Waals surface area contributed by atoms with Crippen molar-refractivity contribution in [3.8, 4) is 0 Å². The summed E-state index contributed by atoms with van der Waals surface area (Å²) in [6.45, 7) is 1.95. The Kier molecular flexibility index (Phi) is 4.84. The van der Waals surface area contributed by atoms with Crippen molar-refractivity contribution in [3.05, 3.63) is 34.9 Å². The molecule has 1 unspecified atom stereocenters. The van der Waals surface area contributed by atoms with Gasteiger partial charge in [0.25, 0.3) is 0 Å². The van der Waals surface area contributed by atoms with Crippen LogP contribution in [-0.2, 0) is 22.4 Å². The molecule has 1 aromatic rings. The predicted octanol–water partition coefficient (Wildman–Crippen LogP) is 1.50. The topological polar surface area (TPSA) is 74.6 Å². The smallest absolute Gasteiger partial charge is 0.337 e. The van der Waals surface area contributed by atoms with Crippen molar-refractivity contribution in [2.75, 3.05) is 0 Å². The minimum absolute atomic E-state index is 0.373. The zero-order chi connectivity index (χ0) is 12.8. The number of aliphatic carboxylic acids is 1. The second-order valence-electron chi connectivity index (χ2n) is 3.88. The molecule has 4 nitrogen and oxygen atoms in total. The molecule has 2 N–H and O–H groups in total. The number of hydrogen-bond acceptors (Lipinski definition) is 3. The number of aldehydes is 1. The van der Waals surface area contributed by atoms with Crippen molar-refractivity contribution in [1.82, 2.24) is 0 Å². The van der Waals surface area contributed by atoms with E-state index in [1.165, 1.54) is 0 Å². The normalized spacial score (nSPS) is 12.1. The van der Waals surface area contributed by atoms with E-state index in [9.17, 15) is 14.7 Å². The average Bonchev–Trinajstić information content (AvgIpc) is 2.34. The molecule has 1 atom stereocenters. The fourth-order valence-electron chi connectivity index (χ4n) is 1.67. The number of carboxylic acids is 1. The van der Waals surface area contributed by atoms with Crippen molar-refractivity contribution in [2.24, 2.45) is 0 Å². The highest BCUT2D eigenvalue weighted by molar-refractivity contribution is 5.74. The van der Waals surface area contributed by atoms with Crippen molar-refractivity contribution < 1.29 is 19.8 Å². The Labute approximate surface area is 99.9 Å². The van der Waals surface area contributed by atoms with E-state index in [1.54, 1.807) is 12.1 Å². The van der Waals surface area contributed by atoms with Crippen molar-refractivity contribution in [2.45, 2.75) is 32.3 Å². The second kappa shape index (κ2) is 6.15. The number of carbonyl (C=O) groups excluding carboxylic acids is 1. The first-order valence-electron chi connectivity index (χ1n) is 5.55. The van der Waals surface area contributed by atoms with Gasteiger partial charge in [0.05, 0.1) is 0 Å². The van der Waals surface area contributed by atoms with Gasteiger partial charge in [0.15, 0.2) is 6.10 Å². The fourth-order valence-corrected chi connectivity index (χ4v) is 1.67. The molecule has 4 heteroatoms. The summed E-state index contributed by atoms with van der Waals surface area (Å²) in [5, 5.41) is 18.3. The van der Waals surface area contributed by atoms with E-state index in [1.807, 2.05) is 13.0 Å². The molecule has 0 bridgehead atoms. The Bertz CT molecular complexity index is 412. The van der Waals surface area contributed by atoms with Crippen molar-refractivity contribution in [1.29, 1.82) is 0 Å². The lowest BCUT2D eigenvalue weighted by atomic mass is 9.98.